The van der Waals surface area contributed by atoms with Gasteiger partial charge in [0.15, 0.2) is 0 Å². The fourth-order valence-electron chi connectivity index (χ4n) is 3.08. The summed E-state index contributed by atoms with van der Waals surface area (Å²) in [6.07, 6.45) is 0. The van der Waals surface area contributed by atoms with E-state index in [-0.39, 0.29) is 17.6 Å². The van der Waals surface area contributed by atoms with Gasteiger partial charge in [0.2, 0.25) is 5.91 Å². The quantitative estimate of drug-likeness (QED) is 0.371. The number of hydrogen-bond acceptors (Lipinski definition) is 3. The monoisotopic (exact) mass is 430 g/mol. The van der Waals surface area contributed by atoms with Gasteiger partial charge in [0.25, 0.3) is 5.91 Å². The van der Waals surface area contributed by atoms with Gasteiger partial charge in [0.1, 0.15) is 5.82 Å². The van der Waals surface area contributed by atoms with Crippen LogP contribution in [0.2, 0.25) is 0 Å². The van der Waals surface area contributed by atoms with Crippen molar-refractivity contribution in [3.05, 3.63) is 102 Å². The van der Waals surface area contributed by atoms with E-state index in [1.807, 2.05) is 54.6 Å². The molecule has 4 nitrogen and oxygen atoms in total. The van der Waals surface area contributed by atoms with Gasteiger partial charge >= 0.3 is 0 Å². The number of halogens is 1. The SMILES string of the molecule is O=C(CSc1cccc(NC(=O)c2ccc(F)cc2)c1)Nc1ccc2ccccc2c1. The molecular weight excluding hydrogens is 411 g/mol. The van der Waals surface area contributed by atoms with Gasteiger partial charge in [-0.2, -0.15) is 0 Å². The lowest BCUT2D eigenvalue weighted by Gasteiger charge is -2.09. The zero-order valence-electron chi connectivity index (χ0n) is 16.5. The maximum atomic E-state index is 13.0. The molecule has 0 saturated carbocycles. The Morgan fingerprint density at radius 2 is 1.48 bits per heavy atom. The number of fused-ring (bicyclic) bond motifs is 1. The van der Waals surface area contributed by atoms with Crippen molar-refractivity contribution in [2.75, 3.05) is 16.4 Å². The van der Waals surface area contributed by atoms with E-state index in [0.29, 0.717) is 11.3 Å². The molecule has 154 valence electrons. The third kappa shape index (κ3) is 5.49. The Labute approximate surface area is 183 Å². The number of hydrogen-bond donors (Lipinski definition) is 2. The summed E-state index contributed by atoms with van der Waals surface area (Å²) in [5.74, 6) is -0.587. The summed E-state index contributed by atoms with van der Waals surface area (Å²) in [6, 6.07) is 26.4. The summed E-state index contributed by atoms with van der Waals surface area (Å²) in [7, 11) is 0. The molecule has 0 spiro atoms. The lowest BCUT2D eigenvalue weighted by molar-refractivity contribution is -0.113. The second kappa shape index (κ2) is 9.45. The molecule has 0 fully saturated rings. The highest BCUT2D eigenvalue weighted by Gasteiger charge is 2.08. The minimum atomic E-state index is -0.392. The van der Waals surface area contributed by atoms with Gasteiger partial charge in [-0.1, -0.05) is 36.4 Å². The number of nitrogens with one attached hydrogen (secondary N) is 2. The first-order valence-electron chi connectivity index (χ1n) is 9.65. The number of anilines is 2. The first-order valence-corrected chi connectivity index (χ1v) is 10.6. The third-order valence-electron chi connectivity index (χ3n) is 4.60. The average molecular weight is 431 g/mol. The van der Waals surface area contributed by atoms with Crippen molar-refractivity contribution in [3.63, 3.8) is 0 Å². The molecule has 4 aromatic carbocycles. The van der Waals surface area contributed by atoms with E-state index in [1.54, 1.807) is 12.1 Å². The Morgan fingerprint density at radius 1 is 0.742 bits per heavy atom. The van der Waals surface area contributed by atoms with Crippen LogP contribution in [0.1, 0.15) is 10.4 Å². The van der Waals surface area contributed by atoms with Gasteiger partial charge in [-0.15, -0.1) is 11.8 Å². The van der Waals surface area contributed by atoms with Crippen molar-refractivity contribution < 1.29 is 14.0 Å². The summed E-state index contributed by atoms with van der Waals surface area (Å²) in [4.78, 5) is 25.5. The Bertz CT molecular complexity index is 1240. The smallest absolute Gasteiger partial charge is 0.255 e. The molecule has 6 heteroatoms. The lowest BCUT2D eigenvalue weighted by atomic mass is 10.1. The van der Waals surface area contributed by atoms with E-state index < -0.39 is 5.82 Å². The van der Waals surface area contributed by atoms with Crippen molar-refractivity contribution >= 4 is 45.7 Å². The molecule has 4 rings (SSSR count). The maximum absolute atomic E-state index is 13.0. The molecule has 0 saturated heterocycles. The molecule has 0 aromatic heterocycles. The van der Waals surface area contributed by atoms with Crippen molar-refractivity contribution in [1.29, 1.82) is 0 Å². The van der Waals surface area contributed by atoms with Crippen LogP contribution in [0.3, 0.4) is 0 Å². The molecule has 0 aliphatic heterocycles. The van der Waals surface area contributed by atoms with Gasteiger partial charge < -0.3 is 10.6 Å². The number of thioether (sulfide) groups is 1. The molecule has 4 aromatic rings. The Balaban J connectivity index is 1.34. The summed E-state index contributed by atoms with van der Waals surface area (Å²) in [5, 5.41) is 7.89. The first-order chi connectivity index (χ1) is 15.1. The highest BCUT2D eigenvalue weighted by molar-refractivity contribution is 8.00. The number of carbonyl (C=O) groups excluding carboxylic acids is 2. The second-order valence-corrected chi connectivity index (χ2v) is 7.94. The van der Waals surface area contributed by atoms with Gasteiger partial charge in [0, 0.05) is 21.8 Å². The van der Waals surface area contributed by atoms with Gasteiger partial charge in [-0.05, 0) is 65.4 Å². The van der Waals surface area contributed by atoms with Crippen LogP contribution >= 0.6 is 11.8 Å². The highest BCUT2D eigenvalue weighted by atomic mass is 32.2. The van der Waals surface area contributed by atoms with Crippen LogP contribution in [0.15, 0.2) is 95.9 Å². The first kappa shape index (κ1) is 20.6. The van der Waals surface area contributed by atoms with E-state index in [2.05, 4.69) is 10.6 Å². The molecule has 0 aliphatic rings. The van der Waals surface area contributed by atoms with E-state index in [0.717, 1.165) is 21.4 Å². The zero-order valence-corrected chi connectivity index (χ0v) is 17.3. The molecule has 2 amide bonds. The fourth-order valence-corrected chi connectivity index (χ4v) is 3.84. The van der Waals surface area contributed by atoms with Crippen LogP contribution in [-0.4, -0.2) is 17.6 Å². The molecule has 0 heterocycles. The van der Waals surface area contributed by atoms with Crippen LogP contribution in [0.4, 0.5) is 15.8 Å². The number of benzene rings is 4. The summed E-state index contributed by atoms with van der Waals surface area (Å²) >= 11 is 1.38. The minimum Gasteiger partial charge on any atom is -0.325 e. The van der Waals surface area contributed by atoms with Gasteiger partial charge in [-0.3, -0.25) is 9.59 Å². The predicted octanol–water partition coefficient (Wildman–Crippen LogP) is 5.96. The van der Waals surface area contributed by atoms with E-state index in [4.69, 9.17) is 0 Å². The molecular formula is C25H19FN2O2S. The molecule has 2 N–H and O–H groups in total. The number of carbonyl (C=O) groups is 2. The normalized spacial score (nSPS) is 10.6. The summed E-state index contributed by atoms with van der Waals surface area (Å²) in [5.41, 5.74) is 1.73. The minimum absolute atomic E-state index is 0.110. The molecule has 0 atom stereocenters. The summed E-state index contributed by atoms with van der Waals surface area (Å²) in [6.45, 7) is 0. The van der Waals surface area contributed by atoms with Crippen molar-refractivity contribution in [1.82, 2.24) is 0 Å². The van der Waals surface area contributed by atoms with E-state index in [9.17, 15) is 14.0 Å². The number of amides is 2. The van der Waals surface area contributed by atoms with Crippen LogP contribution in [0, 0.1) is 5.82 Å². The van der Waals surface area contributed by atoms with Crippen LogP contribution < -0.4 is 10.6 Å². The molecule has 31 heavy (non-hydrogen) atoms. The maximum Gasteiger partial charge on any atom is 0.255 e. The van der Waals surface area contributed by atoms with Gasteiger partial charge in [0.05, 0.1) is 5.75 Å². The van der Waals surface area contributed by atoms with Crippen molar-refractivity contribution in [2.45, 2.75) is 4.90 Å². The van der Waals surface area contributed by atoms with Crippen LogP contribution in [-0.2, 0) is 4.79 Å². The standard InChI is InChI=1S/C25H19FN2O2S/c26-20-11-8-18(9-12-20)25(30)28-21-6-3-7-23(15-21)31-16-24(29)27-22-13-10-17-4-1-2-5-19(17)14-22/h1-15H,16H2,(H,27,29)(H,28,30). The van der Waals surface area contributed by atoms with Crippen molar-refractivity contribution in [2.24, 2.45) is 0 Å². The number of rotatable bonds is 6. The Kier molecular flexibility index (Phi) is 6.29. The Morgan fingerprint density at radius 3 is 2.29 bits per heavy atom. The van der Waals surface area contributed by atoms with E-state index >= 15 is 0 Å². The predicted molar refractivity (Wildman–Crippen MR) is 124 cm³/mol. The topological polar surface area (TPSA) is 58.2 Å². The third-order valence-corrected chi connectivity index (χ3v) is 5.60. The van der Waals surface area contributed by atoms with Crippen LogP contribution in [0.5, 0.6) is 0 Å². The average Bonchev–Trinajstić information content (AvgIpc) is 2.78. The summed E-state index contributed by atoms with van der Waals surface area (Å²) < 4.78 is 13.0. The van der Waals surface area contributed by atoms with Crippen molar-refractivity contribution in [3.8, 4) is 0 Å². The highest BCUT2D eigenvalue weighted by Crippen LogP contribution is 2.23. The van der Waals surface area contributed by atoms with E-state index in [1.165, 1.54) is 36.0 Å². The lowest BCUT2D eigenvalue weighted by Crippen LogP contribution is -2.14. The molecule has 0 aliphatic carbocycles. The fraction of sp³-hybridized carbons (Fsp3) is 0.0400. The molecule has 0 radical (unpaired) electrons. The van der Waals surface area contributed by atoms with Gasteiger partial charge in [-0.25, -0.2) is 4.39 Å². The van der Waals surface area contributed by atoms with Crippen LogP contribution in [0.25, 0.3) is 10.8 Å². The Hall–Kier alpha value is -3.64. The largest absolute Gasteiger partial charge is 0.325 e. The molecule has 0 unspecified atom stereocenters. The molecule has 0 bridgehead atoms. The zero-order chi connectivity index (χ0) is 21.6. The second-order valence-electron chi connectivity index (χ2n) is 6.89.